The molecule has 4 N–H and O–H groups in total. The van der Waals surface area contributed by atoms with E-state index < -0.39 is 0 Å². The number of halogens is 1. The van der Waals surface area contributed by atoms with E-state index in [1.165, 1.54) is 0 Å². The summed E-state index contributed by atoms with van der Waals surface area (Å²) in [6.07, 6.45) is 9.73. The number of allylic oxidation sites excluding steroid dienone is 4. The lowest BCUT2D eigenvalue weighted by atomic mass is 9.98. The van der Waals surface area contributed by atoms with Crippen LogP contribution in [0.4, 0.5) is 0 Å². The van der Waals surface area contributed by atoms with Gasteiger partial charge in [0.25, 0.3) is 5.91 Å². The molecule has 2 aliphatic carbocycles. The lowest BCUT2D eigenvalue weighted by Crippen LogP contribution is -2.45. The standard InChI is InChI=1S/C18H22IN5O/c1-12(10-20)11-24(18(25)14-5-3-4-6-16(14)21)17-9-13(23-22-2)7-8-15(17)19/h4,6-8,17,22-23H,1,3,5,9,11,21H2,2H3/t17-/m1/s1. The highest BCUT2D eigenvalue weighted by Crippen LogP contribution is 2.30. The Morgan fingerprint density at radius 1 is 1.56 bits per heavy atom. The SMILES string of the molecule is C=C(C#N)CN(C(=O)C1=C(N)C=CCC1)[C@@H]1CC(NNC)=CC=C1I. The molecule has 7 heteroatoms. The topological polar surface area (TPSA) is 94.2 Å². The second-order valence-corrected chi connectivity index (χ2v) is 7.11. The Morgan fingerprint density at radius 2 is 2.32 bits per heavy atom. The quantitative estimate of drug-likeness (QED) is 0.327. The van der Waals surface area contributed by atoms with Gasteiger partial charge in [-0.2, -0.15) is 5.26 Å². The number of rotatable bonds is 6. The van der Waals surface area contributed by atoms with Crippen molar-refractivity contribution in [3.63, 3.8) is 0 Å². The largest absolute Gasteiger partial charge is 0.398 e. The first-order chi connectivity index (χ1) is 12.0. The summed E-state index contributed by atoms with van der Waals surface area (Å²) in [4.78, 5) is 14.9. The second-order valence-electron chi connectivity index (χ2n) is 5.86. The molecule has 1 atom stereocenters. The number of nitrogens with one attached hydrogen (secondary N) is 2. The molecule has 2 rings (SSSR count). The Balaban J connectivity index is 2.33. The summed E-state index contributed by atoms with van der Waals surface area (Å²) in [5.41, 5.74) is 14.4. The molecule has 1 amide bonds. The van der Waals surface area contributed by atoms with Gasteiger partial charge in [-0.15, -0.1) is 0 Å². The molecule has 0 aromatic heterocycles. The van der Waals surface area contributed by atoms with Gasteiger partial charge in [0, 0.05) is 39.6 Å². The van der Waals surface area contributed by atoms with Crippen molar-refractivity contribution in [1.29, 1.82) is 5.26 Å². The normalized spacial score (nSPS) is 19.6. The minimum atomic E-state index is -0.162. The summed E-state index contributed by atoms with van der Waals surface area (Å²) >= 11 is 2.24. The van der Waals surface area contributed by atoms with E-state index in [0.717, 1.165) is 15.7 Å². The first kappa shape index (κ1) is 19.3. The third-order valence-electron chi connectivity index (χ3n) is 4.08. The molecule has 132 valence electrons. The van der Waals surface area contributed by atoms with Crippen molar-refractivity contribution in [2.24, 2.45) is 5.73 Å². The Labute approximate surface area is 161 Å². The number of carbonyl (C=O) groups is 1. The molecule has 25 heavy (non-hydrogen) atoms. The van der Waals surface area contributed by atoms with E-state index in [0.29, 0.717) is 29.7 Å². The molecule has 0 spiro atoms. The molecule has 2 aliphatic rings. The fraction of sp³-hybridized carbons (Fsp3) is 0.333. The zero-order chi connectivity index (χ0) is 18.4. The monoisotopic (exact) mass is 451 g/mol. The number of nitriles is 1. The van der Waals surface area contributed by atoms with Crippen LogP contribution >= 0.6 is 22.6 Å². The van der Waals surface area contributed by atoms with Gasteiger partial charge in [0.1, 0.15) is 0 Å². The smallest absolute Gasteiger partial charge is 0.252 e. The second kappa shape index (κ2) is 8.87. The number of hydrogen-bond donors (Lipinski definition) is 3. The Bertz CT molecular complexity index is 726. The van der Waals surface area contributed by atoms with Crippen molar-refractivity contribution in [2.75, 3.05) is 13.6 Å². The van der Waals surface area contributed by atoms with Crippen LogP contribution in [-0.4, -0.2) is 30.4 Å². The fourth-order valence-corrected chi connectivity index (χ4v) is 3.56. The third-order valence-corrected chi connectivity index (χ3v) is 5.16. The van der Waals surface area contributed by atoms with E-state index in [1.807, 2.05) is 24.3 Å². The van der Waals surface area contributed by atoms with Gasteiger partial charge >= 0.3 is 0 Å². The molecule has 0 saturated heterocycles. The maximum Gasteiger partial charge on any atom is 0.252 e. The van der Waals surface area contributed by atoms with Crippen LogP contribution in [0.25, 0.3) is 0 Å². The van der Waals surface area contributed by atoms with E-state index >= 15 is 0 Å². The minimum absolute atomic E-state index is 0.128. The van der Waals surface area contributed by atoms with Crippen LogP contribution in [-0.2, 0) is 4.79 Å². The van der Waals surface area contributed by atoms with Crippen molar-refractivity contribution in [3.05, 3.63) is 57.0 Å². The van der Waals surface area contributed by atoms with Gasteiger partial charge in [0.15, 0.2) is 0 Å². The average molecular weight is 451 g/mol. The van der Waals surface area contributed by atoms with Crippen molar-refractivity contribution >= 4 is 28.5 Å². The van der Waals surface area contributed by atoms with Crippen molar-refractivity contribution < 1.29 is 4.79 Å². The zero-order valence-electron chi connectivity index (χ0n) is 14.2. The molecule has 0 bridgehead atoms. The van der Waals surface area contributed by atoms with Crippen LogP contribution in [0.5, 0.6) is 0 Å². The van der Waals surface area contributed by atoms with Gasteiger partial charge in [-0.1, -0.05) is 12.7 Å². The van der Waals surface area contributed by atoms with Gasteiger partial charge in [0.2, 0.25) is 0 Å². The molecule has 0 fully saturated rings. The Morgan fingerprint density at radius 3 is 2.96 bits per heavy atom. The number of carbonyl (C=O) groups excluding carboxylic acids is 1. The minimum Gasteiger partial charge on any atom is -0.398 e. The van der Waals surface area contributed by atoms with Gasteiger partial charge in [-0.3, -0.25) is 4.79 Å². The molecule has 0 aromatic carbocycles. The van der Waals surface area contributed by atoms with Crippen LogP contribution in [0.1, 0.15) is 19.3 Å². The predicted molar refractivity (Wildman–Crippen MR) is 107 cm³/mol. The summed E-state index contributed by atoms with van der Waals surface area (Å²) in [5, 5.41) is 9.14. The predicted octanol–water partition coefficient (Wildman–Crippen LogP) is 2.16. The zero-order valence-corrected chi connectivity index (χ0v) is 16.3. The maximum atomic E-state index is 13.2. The highest BCUT2D eigenvalue weighted by Gasteiger charge is 2.31. The number of nitrogens with two attached hydrogens (primary N) is 1. The molecule has 0 aliphatic heterocycles. The molecule has 0 unspecified atom stereocenters. The molecule has 6 nitrogen and oxygen atoms in total. The van der Waals surface area contributed by atoms with Crippen LogP contribution in [0, 0.1) is 11.3 Å². The molecule has 0 aromatic rings. The maximum absolute atomic E-state index is 13.2. The summed E-state index contributed by atoms with van der Waals surface area (Å²) in [6.45, 7) is 3.94. The lowest BCUT2D eigenvalue weighted by Gasteiger charge is -2.35. The van der Waals surface area contributed by atoms with Crippen molar-refractivity contribution in [3.8, 4) is 6.07 Å². The Kier molecular flexibility index (Phi) is 6.84. The van der Waals surface area contributed by atoms with Gasteiger partial charge in [-0.05, 0) is 53.7 Å². The molecular formula is C18H22IN5O. The average Bonchev–Trinajstić information content (AvgIpc) is 2.61. The number of amides is 1. The van der Waals surface area contributed by atoms with Gasteiger partial charge < -0.3 is 16.1 Å². The molecular weight excluding hydrogens is 429 g/mol. The van der Waals surface area contributed by atoms with Gasteiger partial charge in [0.05, 0.1) is 18.7 Å². The third kappa shape index (κ3) is 4.74. The number of hydrogen-bond acceptors (Lipinski definition) is 5. The van der Waals surface area contributed by atoms with E-state index in [9.17, 15) is 4.79 Å². The van der Waals surface area contributed by atoms with E-state index in [2.05, 4.69) is 40.0 Å². The van der Waals surface area contributed by atoms with Crippen LogP contribution in [0.15, 0.2) is 57.0 Å². The van der Waals surface area contributed by atoms with Crippen molar-refractivity contribution in [1.82, 2.24) is 15.8 Å². The molecule has 0 saturated carbocycles. The van der Waals surface area contributed by atoms with Crippen molar-refractivity contribution in [2.45, 2.75) is 25.3 Å². The first-order valence-electron chi connectivity index (χ1n) is 8.01. The number of nitrogens with zero attached hydrogens (tertiary/aromatic N) is 2. The van der Waals surface area contributed by atoms with Crippen LogP contribution in [0.2, 0.25) is 0 Å². The van der Waals surface area contributed by atoms with Crippen LogP contribution < -0.4 is 16.6 Å². The molecule has 0 radical (unpaired) electrons. The highest BCUT2D eigenvalue weighted by atomic mass is 127. The van der Waals surface area contributed by atoms with Crippen LogP contribution in [0.3, 0.4) is 0 Å². The van der Waals surface area contributed by atoms with Gasteiger partial charge in [-0.25, -0.2) is 5.43 Å². The number of hydrazine groups is 1. The first-order valence-corrected chi connectivity index (χ1v) is 9.08. The fourth-order valence-electron chi connectivity index (χ4n) is 2.83. The molecule has 0 heterocycles. The van der Waals surface area contributed by atoms with E-state index in [4.69, 9.17) is 11.0 Å². The van der Waals surface area contributed by atoms with E-state index in [1.54, 1.807) is 18.0 Å². The Hall–Kier alpha value is -2.05. The van der Waals surface area contributed by atoms with E-state index in [-0.39, 0.29) is 18.5 Å². The summed E-state index contributed by atoms with van der Waals surface area (Å²) in [6, 6.07) is 1.88. The summed E-state index contributed by atoms with van der Waals surface area (Å²) in [7, 11) is 1.79. The summed E-state index contributed by atoms with van der Waals surface area (Å²) < 4.78 is 1.03. The summed E-state index contributed by atoms with van der Waals surface area (Å²) in [5.74, 6) is -0.128. The highest BCUT2D eigenvalue weighted by molar-refractivity contribution is 14.1. The lowest BCUT2D eigenvalue weighted by molar-refractivity contribution is -0.128.